The van der Waals surface area contributed by atoms with Crippen LogP contribution in [0.5, 0.6) is 0 Å². The number of ether oxygens (including phenoxy) is 1. The third-order valence-corrected chi connectivity index (χ3v) is 4.54. The second kappa shape index (κ2) is 6.43. The summed E-state index contributed by atoms with van der Waals surface area (Å²) < 4.78 is 5.50. The van der Waals surface area contributed by atoms with Crippen LogP contribution in [0.3, 0.4) is 0 Å². The minimum atomic E-state index is -0.495. The summed E-state index contributed by atoms with van der Waals surface area (Å²) in [6.07, 6.45) is 3.05. The molecule has 4 atom stereocenters. The fourth-order valence-corrected chi connectivity index (χ4v) is 2.99. The van der Waals surface area contributed by atoms with E-state index in [1.165, 1.54) is 6.42 Å². The topological polar surface area (TPSA) is 84.7 Å². The Bertz CT molecular complexity index is 375. The van der Waals surface area contributed by atoms with Gasteiger partial charge in [-0.3, -0.25) is 4.79 Å². The standard InChI is InChI=1S/C14H25N3O3/c1-9-4-3-7-17(10(9)2)14(19)16-8-11-5-6-12(20-11)13(15)18/h9-12H,3-8H2,1-2H3,(H2,15,18)(H,16,19). The van der Waals surface area contributed by atoms with Crippen LogP contribution < -0.4 is 11.1 Å². The molecule has 0 aliphatic carbocycles. The number of nitrogens with two attached hydrogens (primary N) is 1. The summed E-state index contributed by atoms with van der Waals surface area (Å²) >= 11 is 0. The molecule has 0 aromatic heterocycles. The molecule has 2 fully saturated rings. The fourth-order valence-electron chi connectivity index (χ4n) is 2.99. The molecule has 0 aromatic carbocycles. The van der Waals surface area contributed by atoms with Gasteiger partial charge in [-0.05, 0) is 38.5 Å². The molecule has 2 saturated heterocycles. The van der Waals surface area contributed by atoms with Gasteiger partial charge in [0.15, 0.2) is 0 Å². The Kier molecular flexibility index (Phi) is 4.86. The number of hydrogen-bond acceptors (Lipinski definition) is 3. The van der Waals surface area contributed by atoms with Gasteiger partial charge in [-0.15, -0.1) is 0 Å². The Balaban J connectivity index is 1.76. The maximum absolute atomic E-state index is 12.2. The summed E-state index contributed by atoms with van der Waals surface area (Å²) in [5.74, 6) is 0.119. The van der Waals surface area contributed by atoms with E-state index in [0.29, 0.717) is 18.9 Å². The molecule has 20 heavy (non-hydrogen) atoms. The first kappa shape index (κ1) is 15.1. The summed E-state index contributed by atoms with van der Waals surface area (Å²) in [4.78, 5) is 25.1. The Hall–Kier alpha value is -1.30. The van der Waals surface area contributed by atoms with Crippen LogP contribution in [0.1, 0.15) is 39.5 Å². The molecular formula is C14H25N3O3. The number of piperidine rings is 1. The number of nitrogens with zero attached hydrogens (tertiary/aromatic N) is 1. The molecule has 3 N–H and O–H groups in total. The van der Waals surface area contributed by atoms with Gasteiger partial charge in [0, 0.05) is 19.1 Å². The van der Waals surface area contributed by atoms with Crippen molar-refractivity contribution in [1.29, 1.82) is 0 Å². The zero-order valence-corrected chi connectivity index (χ0v) is 12.3. The second-order valence-electron chi connectivity index (χ2n) is 5.97. The van der Waals surface area contributed by atoms with Gasteiger partial charge >= 0.3 is 6.03 Å². The highest BCUT2D eigenvalue weighted by Gasteiger charge is 2.31. The van der Waals surface area contributed by atoms with Gasteiger partial charge in [0.2, 0.25) is 5.91 Å². The summed E-state index contributed by atoms with van der Waals surface area (Å²) in [6, 6.07) is 0.238. The summed E-state index contributed by atoms with van der Waals surface area (Å²) in [7, 11) is 0. The Labute approximate surface area is 120 Å². The molecule has 4 unspecified atom stereocenters. The maximum Gasteiger partial charge on any atom is 0.317 e. The molecule has 0 spiro atoms. The molecule has 2 aliphatic rings. The number of carbonyl (C=O) groups is 2. The van der Waals surface area contributed by atoms with Crippen molar-refractivity contribution in [3.63, 3.8) is 0 Å². The predicted octanol–water partition coefficient (Wildman–Crippen LogP) is 0.849. The Morgan fingerprint density at radius 2 is 2.05 bits per heavy atom. The van der Waals surface area contributed by atoms with E-state index in [-0.39, 0.29) is 18.2 Å². The minimum Gasteiger partial charge on any atom is -0.367 e. The second-order valence-corrected chi connectivity index (χ2v) is 5.97. The van der Waals surface area contributed by atoms with Gasteiger partial charge in [-0.1, -0.05) is 6.92 Å². The number of likely N-dealkylation sites (tertiary alicyclic amines) is 1. The van der Waals surface area contributed by atoms with Gasteiger partial charge in [0.25, 0.3) is 0 Å². The van der Waals surface area contributed by atoms with Crippen molar-refractivity contribution in [2.45, 2.75) is 57.8 Å². The number of urea groups is 1. The van der Waals surface area contributed by atoms with Crippen molar-refractivity contribution >= 4 is 11.9 Å². The van der Waals surface area contributed by atoms with E-state index in [9.17, 15) is 9.59 Å². The fraction of sp³-hybridized carbons (Fsp3) is 0.857. The first-order valence-corrected chi connectivity index (χ1v) is 7.48. The Morgan fingerprint density at radius 3 is 2.70 bits per heavy atom. The number of nitrogens with one attached hydrogen (secondary N) is 1. The van der Waals surface area contributed by atoms with Crippen molar-refractivity contribution in [2.75, 3.05) is 13.1 Å². The van der Waals surface area contributed by atoms with Crippen LogP contribution in [0.25, 0.3) is 0 Å². The maximum atomic E-state index is 12.2. The quantitative estimate of drug-likeness (QED) is 0.805. The number of amides is 3. The van der Waals surface area contributed by atoms with Gasteiger partial charge in [-0.25, -0.2) is 4.79 Å². The van der Waals surface area contributed by atoms with Gasteiger partial charge in [0.05, 0.1) is 6.10 Å². The molecule has 2 heterocycles. The molecule has 6 heteroatoms. The molecule has 0 radical (unpaired) electrons. The van der Waals surface area contributed by atoms with E-state index in [4.69, 9.17) is 10.5 Å². The summed E-state index contributed by atoms with van der Waals surface area (Å²) in [5.41, 5.74) is 5.21. The molecule has 114 valence electrons. The molecule has 6 nitrogen and oxygen atoms in total. The average Bonchev–Trinajstić information content (AvgIpc) is 2.88. The normalized spacial score (nSPS) is 34.0. The highest BCUT2D eigenvalue weighted by molar-refractivity contribution is 5.79. The smallest absolute Gasteiger partial charge is 0.317 e. The monoisotopic (exact) mass is 283 g/mol. The third kappa shape index (κ3) is 3.42. The van der Waals surface area contributed by atoms with Gasteiger partial charge < -0.3 is 20.7 Å². The van der Waals surface area contributed by atoms with Gasteiger partial charge in [-0.2, -0.15) is 0 Å². The zero-order valence-electron chi connectivity index (χ0n) is 12.3. The highest BCUT2D eigenvalue weighted by Crippen LogP contribution is 2.23. The van der Waals surface area contributed by atoms with E-state index >= 15 is 0 Å². The zero-order chi connectivity index (χ0) is 14.7. The predicted molar refractivity (Wildman–Crippen MR) is 75.1 cm³/mol. The summed E-state index contributed by atoms with van der Waals surface area (Å²) in [6.45, 7) is 5.53. The third-order valence-electron chi connectivity index (χ3n) is 4.54. The molecule has 0 bridgehead atoms. The lowest BCUT2D eigenvalue weighted by molar-refractivity contribution is -0.128. The molecular weight excluding hydrogens is 258 g/mol. The van der Waals surface area contributed by atoms with Crippen molar-refractivity contribution in [3.05, 3.63) is 0 Å². The van der Waals surface area contributed by atoms with Crippen LogP contribution >= 0.6 is 0 Å². The molecule has 0 saturated carbocycles. The van der Waals surface area contributed by atoms with E-state index in [2.05, 4.69) is 19.2 Å². The molecule has 2 rings (SSSR count). The van der Waals surface area contributed by atoms with Crippen LogP contribution in [0.2, 0.25) is 0 Å². The van der Waals surface area contributed by atoms with Crippen LogP contribution in [0, 0.1) is 5.92 Å². The van der Waals surface area contributed by atoms with Crippen LogP contribution in [-0.2, 0) is 9.53 Å². The van der Waals surface area contributed by atoms with E-state index in [1.807, 2.05) is 4.90 Å². The lowest BCUT2D eigenvalue weighted by Gasteiger charge is -2.38. The lowest BCUT2D eigenvalue weighted by atomic mass is 9.92. The van der Waals surface area contributed by atoms with E-state index in [0.717, 1.165) is 19.4 Å². The Morgan fingerprint density at radius 1 is 1.30 bits per heavy atom. The minimum absolute atomic E-state index is 0.0322. The average molecular weight is 283 g/mol. The lowest BCUT2D eigenvalue weighted by Crippen LogP contribution is -2.51. The van der Waals surface area contributed by atoms with Gasteiger partial charge in [0.1, 0.15) is 6.10 Å². The molecule has 0 aromatic rings. The number of hydrogen-bond donors (Lipinski definition) is 2. The van der Waals surface area contributed by atoms with E-state index < -0.39 is 12.0 Å². The van der Waals surface area contributed by atoms with Crippen LogP contribution in [0.4, 0.5) is 4.79 Å². The van der Waals surface area contributed by atoms with Crippen molar-refractivity contribution < 1.29 is 14.3 Å². The molecule has 2 aliphatic heterocycles. The summed E-state index contributed by atoms with van der Waals surface area (Å²) in [5, 5.41) is 2.91. The largest absolute Gasteiger partial charge is 0.367 e. The SMILES string of the molecule is CC1CCCN(C(=O)NCC2CCC(C(N)=O)O2)C1C. The van der Waals surface area contributed by atoms with Crippen molar-refractivity contribution in [1.82, 2.24) is 10.2 Å². The number of rotatable bonds is 3. The van der Waals surface area contributed by atoms with Crippen molar-refractivity contribution in [3.8, 4) is 0 Å². The van der Waals surface area contributed by atoms with Crippen LogP contribution in [0.15, 0.2) is 0 Å². The van der Waals surface area contributed by atoms with Crippen LogP contribution in [-0.4, -0.2) is 48.2 Å². The van der Waals surface area contributed by atoms with Crippen molar-refractivity contribution in [2.24, 2.45) is 11.7 Å². The molecule has 3 amide bonds. The highest BCUT2D eigenvalue weighted by atomic mass is 16.5. The first-order chi connectivity index (χ1) is 9.49. The number of carbonyl (C=O) groups excluding carboxylic acids is 2. The first-order valence-electron chi connectivity index (χ1n) is 7.48. The van der Waals surface area contributed by atoms with E-state index in [1.54, 1.807) is 0 Å². The number of primary amides is 1.